The fraction of sp³-hybridized carbons (Fsp3) is 0.278. The van der Waals surface area contributed by atoms with E-state index in [1.54, 1.807) is 20.9 Å². The van der Waals surface area contributed by atoms with Gasteiger partial charge in [0.2, 0.25) is 10.0 Å². The van der Waals surface area contributed by atoms with Crippen molar-refractivity contribution in [2.75, 3.05) is 24.7 Å². The van der Waals surface area contributed by atoms with Crippen molar-refractivity contribution < 1.29 is 18.1 Å². The van der Waals surface area contributed by atoms with Crippen LogP contribution in [0.1, 0.15) is 24.2 Å². The quantitative estimate of drug-likeness (QED) is 0.538. The zero-order valence-corrected chi connectivity index (χ0v) is 16.8. The van der Waals surface area contributed by atoms with Crippen LogP contribution in [-0.2, 0) is 10.0 Å². The first-order chi connectivity index (χ1) is 13.1. The number of amides is 1. The van der Waals surface area contributed by atoms with Gasteiger partial charge in [-0.05, 0) is 50.2 Å². The molecule has 2 rings (SSSR count). The number of benzene rings is 2. The molecule has 2 aromatic rings. The number of hydrogen-bond donors (Lipinski definition) is 2. The van der Waals surface area contributed by atoms with Crippen molar-refractivity contribution in [2.45, 2.75) is 24.8 Å². The lowest BCUT2D eigenvalue weighted by molar-refractivity contribution is -0.384. The summed E-state index contributed by atoms with van der Waals surface area (Å²) in [6.07, 6.45) is 0. The zero-order valence-electron chi connectivity index (χ0n) is 16.0. The van der Waals surface area contributed by atoms with Gasteiger partial charge in [0.1, 0.15) is 5.69 Å². The largest absolute Gasteiger partial charge is 0.383 e. The second-order valence-electron chi connectivity index (χ2n) is 6.33. The first-order valence-electron chi connectivity index (χ1n) is 8.43. The summed E-state index contributed by atoms with van der Waals surface area (Å²) in [5, 5.41) is 16.4. The Balaban J connectivity index is 2.22. The molecule has 2 N–H and O–H groups in total. The van der Waals surface area contributed by atoms with Crippen LogP contribution in [-0.4, -0.2) is 43.7 Å². The standard InChI is InChI=1S/C18H22N4O5S/c1-12(2)21(4)28(26,27)15-8-6-14(7-9-15)20-18(23)13-5-10-16(19-3)17(11-13)22(24)25/h5-12,19H,1-4H3,(H,20,23). The number of carbonyl (C=O) groups excluding carboxylic acids is 1. The Hall–Kier alpha value is -2.98. The van der Waals surface area contributed by atoms with E-state index in [2.05, 4.69) is 10.6 Å². The van der Waals surface area contributed by atoms with Gasteiger partial charge in [-0.25, -0.2) is 8.42 Å². The van der Waals surface area contributed by atoms with E-state index in [-0.39, 0.29) is 22.2 Å². The highest BCUT2D eigenvalue weighted by Crippen LogP contribution is 2.26. The number of hydrogen-bond acceptors (Lipinski definition) is 6. The Morgan fingerprint density at radius 2 is 1.75 bits per heavy atom. The van der Waals surface area contributed by atoms with Crippen LogP contribution in [0.25, 0.3) is 0 Å². The average molecular weight is 406 g/mol. The molecule has 0 fully saturated rings. The van der Waals surface area contributed by atoms with Gasteiger partial charge < -0.3 is 10.6 Å². The van der Waals surface area contributed by atoms with E-state index in [0.29, 0.717) is 11.4 Å². The van der Waals surface area contributed by atoms with Crippen molar-refractivity contribution in [2.24, 2.45) is 0 Å². The molecule has 0 bridgehead atoms. The normalized spacial score (nSPS) is 11.5. The highest BCUT2D eigenvalue weighted by molar-refractivity contribution is 7.89. The van der Waals surface area contributed by atoms with Crippen molar-refractivity contribution in [1.82, 2.24) is 4.31 Å². The zero-order chi connectivity index (χ0) is 21.1. The van der Waals surface area contributed by atoms with Gasteiger partial charge in [-0.1, -0.05) is 0 Å². The minimum absolute atomic E-state index is 0.107. The lowest BCUT2D eigenvalue weighted by atomic mass is 10.1. The van der Waals surface area contributed by atoms with Crippen LogP contribution in [0.5, 0.6) is 0 Å². The maximum absolute atomic E-state index is 12.5. The van der Waals surface area contributed by atoms with Gasteiger partial charge >= 0.3 is 0 Å². The Kier molecular flexibility index (Phi) is 6.37. The highest BCUT2D eigenvalue weighted by Gasteiger charge is 2.23. The van der Waals surface area contributed by atoms with Crippen LogP contribution in [0.3, 0.4) is 0 Å². The second-order valence-corrected chi connectivity index (χ2v) is 8.33. The molecule has 9 nitrogen and oxygen atoms in total. The van der Waals surface area contributed by atoms with E-state index in [4.69, 9.17) is 0 Å². The number of anilines is 2. The summed E-state index contributed by atoms with van der Waals surface area (Å²) in [6, 6.07) is 9.63. The predicted molar refractivity (Wildman–Crippen MR) is 107 cm³/mol. The number of nitrogens with one attached hydrogen (secondary N) is 2. The molecule has 2 aromatic carbocycles. The molecule has 150 valence electrons. The number of carbonyl (C=O) groups is 1. The summed E-state index contributed by atoms with van der Waals surface area (Å²) >= 11 is 0. The van der Waals surface area contributed by atoms with E-state index >= 15 is 0 Å². The second kappa shape index (κ2) is 8.36. The predicted octanol–water partition coefficient (Wildman–Crippen LogP) is 2.92. The van der Waals surface area contributed by atoms with E-state index in [1.165, 1.54) is 53.8 Å². The molecule has 0 atom stereocenters. The third-order valence-electron chi connectivity index (χ3n) is 4.24. The third-order valence-corrected chi connectivity index (χ3v) is 6.29. The third kappa shape index (κ3) is 4.46. The summed E-state index contributed by atoms with van der Waals surface area (Å²) in [6.45, 7) is 3.54. The van der Waals surface area contributed by atoms with Gasteiger partial charge in [0.15, 0.2) is 0 Å². The minimum atomic E-state index is -3.62. The average Bonchev–Trinajstić information content (AvgIpc) is 2.66. The Labute approximate surface area is 163 Å². The van der Waals surface area contributed by atoms with Crippen LogP contribution in [0.15, 0.2) is 47.4 Å². The molecular weight excluding hydrogens is 384 g/mol. The first kappa shape index (κ1) is 21.3. The van der Waals surface area contributed by atoms with Crippen molar-refractivity contribution in [3.05, 3.63) is 58.1 Å². The van der Waals surface area contributed by atoms with Crippen LogP contribution in [0, 0.1) is 10.1 Å². The van der Waals surface area contributed by atoms with Gasteiger partial charge in [-0.3, -0.25) is 14.9 Å². The molecule has 0 saturated heterocycles. The highest BCUT2D eigenvalue weighted by atomic mass is 32.2. The molecular formula is C18H22N4O5S. The summed E-state index contributed by atoms with van der Waals surface area (Å²) < 4.78 is 26.2. The van der Waals surface area contributed by atoms with Crippen molar-refractivity contribution in [3.63, 3.8) is 0 Å². The molecule has 0 spiro atoms. The molecule has 0 saturated carbocycles. The maximum Gasteiger partial charge on any atom is 0.293 e. The minimum Gasteiger partial charge on any atom is -0.383 e. The number of nitro benzene ring substituents is 1. The monoisotopic (exact) mass is 406 g/mol. The summed E-state index contributed by atoms with van der Waals surface area (Å²) in [4.78, 5) is 23.0. The van der Waals surface area contributed by atoms with Crippen LogP contribution in [0.2, 0.25) is 0 Å². The Bertz CT molecular complexity index is 988. The van der Waals surface area contributed by atoms with Gasteiger partial charge in [0.25, 0.3) is 11.6 Å². The van der Waals surface area contributed by atoms with Crippen molar-refractivity contribution in [1.29, 1.82) is 0 Å². The molecule has 0 aliphatic rings. The molecule has 10 heteroatoms. The first-order valence-corrected chi connectivity index (χ1v) is 9.87. The molecule has 0 aromatic heterocycles. The topological polar surface area (TPSA) is 122 Å². The number of rotatable bonds is 7. The molecule has 0 aliphatic carbocycles. The number of nitro groups is 1. The fourth-order valence-electron chi connectivity index (χ4n) is 2.39. The molecule has 0 unspecified atom stereocenters. The number of sulfonamides is 1. The smallest absolute Gasteiger partial charge is 0.293 e. The maximum atomic E-state index is 12.5. The van der Waals surface area contributed by atoms with Gasteiger partial charge in [-0.15, -0.1) is 0 Å². The molecule has 1 amide bonds. The Morgan fingerprint density at radius 3 is 2.25 bits per heavy atom. The SMILES string of the molecule is CNc1ccc(C(=O)Nc2ccc(S(=O)(=O)N(C)C(C)C)cc2)cc1[N+](=O)[O-]. The summed E-state index contributed by atoms with van der Waals surface area (Å²) in [7, 11) is -0.572. The summed E-state index contributed by atoms with van der Waals surface area (Å²) in [5.74, 6) is -0.541. The lowest BCUT2D eigenvalue weighted by Gasteiger charge is -2.21. The number of nitrogens with zero attached hydrogens (tertiary/aromatic N) is 2. The van der Waals surface area contributed by atoms with Crippen molar-refractivity contribution in [3.8, 4) is 0 Å². The van der Waals surface area contributed by atoms with Crippen LogP contribution >= 0.6 is 0 Å². The van der Waals surface area contributed by atoms with E-state index < -0.39 is 20.9 Å². The van der Waals surface area contributed by atoms with E-state index in [1.807, 2.05) is 0 Å². The lowest BCUT2D eigenvalue weighted by Crippen LogP contribution is -2.33. The molecule has 28 heavy (non-hydrogen) atoms. The fourth-order valence-corrected chi connectivity index (χ4v) is 3.76. The van der Waals surface area contributed by atoms with Crippen molar-refractivity contribution >= 4 is 33.0 Å². The van der Waals surface area contributed by atoms with E-state index in [0.717, 1.165) is 0 Å². The van der Waals surface area contributed by atoms with Crippen LogP contribution in [0.4, 0.5) is 17.1 Å². The van der Waals surface area contributed by atoms with Gasteiger partial charge in [-0.2, -0.15) is 4.31 Å². The van der Waals surface area contributed by atoms with E-state index in [9.17, 15) is 23.3 Å². The van der Waals surface area contributed by atoms with Crippen LogP contribution < -0.4 is 10.6 Å². The molecule has 0 aliphatic heterocycles. The van der Waals surface area contributed by atoms with Gasteiger partial charge in [0, 0.05) is 37.5 Å². The van der Waals surface area contributed by atoms with Gasteiger partial charge in [0.05, 0.1) is 9.82 Å². The molecule has 0 heterocycles. The molecule has 0 radical (unpaired) electrons. The summed E-state index contributed by atoms with van der Waals surface area (Å²) in [5.41, 5.74) is 0.567. The Morgan fingerprint density at radius 1 is 1.14 bits per heavy atom.